The Hall–Kier alpha value is 0.270. The van der Waals surface area contributed by atoms with Crippen molar-refractivity contribution in [2.45, 2.75) is 19.5 Å². The molecule has 2 nitrogen and oxygen atoms in total. The Morgan fingerprint density at radius 2 is 2.86 bits per heavy atom. The lowest BCUT2D eigenvalue weighted by molar-refractivity contribution is 0.548. The maximum absolute atomic E-state index is 4.16. The zero-order valence-corrected chi connectivity index (χ0v) is 5.16. The average molecular weight is 117 g/mol. The molecular formula is C4H9N2S. The molecule has 0 aromatic carbocycles. The Balaban J connectivity index is 2.14. The van der Waals surface area contributed by atoms with E-state index in [0.717, 1.165) is 12.3 Å². The third kappa shape index (κ3) is 1.33. The number of hydrogen-bond acceptors (Lipinski definition) is 2. The highest BCUT2D eigenvalue weighted by Crippen LogP contribution is 2.06. The lowest BCUT2D eigenvalue weighted by Gasteiger charge is -1.99. The lowest BCUT2D eigenvalue weighted by atomic mass is 10.4. The van der Waals surface area contributed by atoms with E-state index in [-0.39, 0.29) is 0 Å². The van der Waals surface area contributed by atoms with E-state index >= 15 is 0 Å². The fourth-order valence-corrected chi connectivity index (χ4v) is 1.26. The number of hydrogen-bond donors (Lipinski definition) is 1. The molecule has 1 aliphatic heterocycles. The van der Waals surface area contributed by atoms with Gasteiger partial charge in [-0.25, -0.2) is 0 Å². The summed E-state index contributed by atoms with van der Waals surface area (Å²) in [5.74, 6) is 0.999. The van der Waals surface area contributed by atoms with E-state index in [1.165, 1.54) is 0 Å². The highest BCUT2D eigenvalue weighted by molar-refractivity contribution is 7.97. The largest absolute Gasteiger partial charge is 0.289 e. The summed E-state index contributed by atoms with van der Waals surface area (Å²) in [5, 5.41) is 3.20. The van der Waals surface area contributed by atoms with Gasteiger partial charge in [-0.15, -0.1) is 0 Å². The maximum Gasteiger partial charge on any atom is 0.0864 e. The first-order chi connectivity index (χ1) is 3.43. The summed E-state index contributed by atoms with van der Waals surface area (Å²) in [7, 11) is 0. The van der Waals surface area contributed by atoms with E-state index in [9.17, 15) is 0 Å². The average Bonchev–Trinajstić information content (AvgIpc) is 2.14. The molecule has 1 aliphatic rings. The van der Waals surface area contributed by atoms with Gasteiger partial charge in [0.05, 0.1) is 12.0 Å². The van der Waals surface area contributed by atoms with Gasteiger partial charge in [-0.1, -0.05) is 6.92 Å². The van der Waals surface area contributed by atoms with Crippen molar-refractivity contribution in [2.24, 2.45) is 0 Å². The van der Waals surface area contributed by atoms with Gasteiger partial charge in [0.25, 0.3) is 0 Å². The van der Waals surface area contributed by atoms with E-state index < -0.39 is 0 Å². The van der Waals surface area contributed by atoms with Crippen molar-refractivity contribution in [1.82, 2.24) is 10.0 Å². The first kappa shape index (κ1) is 5.41. The molecule has 3 heteroatoms. The summed E-state index contributed by atoms with van der Waals surface area (Å²) in [6.07, 6.45) is 1.55. The van der Waals surface area contributed by atoms with Crippen LogP contribution in [0.2, 0.25) is 0 Å². The fourth-order valence-electron chi connectivity index (χ4n) is 0.517. The monoisotopic (exact) mass is 117 g/mol. The van der Waals surface area contributed by atoms with Crippen LogP contribution in [0.3, 0.4) is 0 Å². The smallest absolute Gasteiger partial charge is 0.0864 e. The summed E-state index contributed by atoms with van der Waals surface area (Å²) in [4.78, 5) is 0. The van der Waals surface area contributed by atoms with E-state index in [4.69, 9.17) is 0 Å². The molecule has 1 N–H and O–H groups in total. The number of nitrogens with zero attached hydrogens (tertiary/aromatic N) is 1. The van der Waals surface area contributed by atoms with E-state index in [1.807, 2.05) is 0 Å². The van der Waals surface area contributed by atoms with Gasteiger partial charge in [-0.3, -0.25) is 5.32 Å². The van der Waals surface area contributed by atoms with Crippen molar-refractivity contribution in [3.05, 3.63) is 0 Å². The van der Waals surface area contributed by atoms with Crippen LogP contribution in [-0.2, 0) is 0 Å². The minimum atomic E-state index is 0.435. The lowest BCUT2D eigenvalue weighted by Crippen LogP contribution is -2.24. The maximum atomic E-state index is 4.16. The number of rotatable bonds is 1. The van der Waals surface area contributed by atoms with Gasteiger partial charge in [0, 0.05) is 0 Å². The molecule has 1 fully saturated rings. The van der Waals surface area contributed by atoms with Gasteiger partial charge >= 0.3 is 0 Å². The molecule has 0 saturated carbocycles. The molecule has 41 valence electrons. The molecule has 0 spiro atoms. The van der Waals surface area contributed by atoms with Crippen LogP contribution in [0, 0.1) is 0 Å². The van der Waals surface area contributed by atoms with Crippen molar-refractivity contribution in [1.29, 1.82) is 0 Å². The molecule has 7 heavy (non-hydrogen) atoms. The number of nitrogens with one attached hydrogen (secondary N) is 1. The molecule has 1 rings (SSSR count). The van der Waals surface area contributed by atoms with Crippen LogP contribution in [0.5, 0.6) is 0 Å². The minimum absolute atomic E-state index is 0.435. The second kappa shape index (κ2) is 2.55. The van der Waals surface area contributed by atoms with Gasteiger partial charge < -0.3 is 0 Å². The van der Waals surface area contributed by atoms with E-state index in [1.54, 1.807) is 11.9 Å². The zero-order valence-electron chi connectivity index (χ0n) is 4.35. The summed E-state index contributed by atoms with van der Waals surface area (Å²) in [5.41, 5.74) is 0. The Bertz CT molecular complexity index is 51.7. The Kier molecular flexibility index (Phi) is 1.97. The second-order valence-electron chi connectivity index (χ2n) is 1.51. The van der Waals surface area contributed by atoms with Crippen molar-refractivity contribution in [3.63, 3.8) is 0 Å². The van der Waals surface area contributed by atoms with Crippen LogP contribution in [0.15, 0.2) is 0 Å². The highest BCUT2D eigenvalue weighted by atomic mass is 32.2. The Morgan fingerprint density at radius 1 is 2.00 bits per heavy atom. The van der Waals surface area contributed by atoms with Crippen LogP contribution in [0.4, 0.5) is 0 Å². The quantitative estimate of drug-likeness (QED) is 0.507. The van der Waals surface area contributed by atoms with Crippen molar-refractivity contribution in [2.75, 3.05) is 5.88 Å². The Morgan fingerprint density at radius 3 is 3.14 bits per heavy atom. The third-order valence-corrected chi connectivity index (χ3v) is 1.67. The second-order valence-corrected chi connectivity index (χ2v) is 2.26. The molecule has 0 aromatic rings. The summed E-state index contributed by atoms with van der Waals surface area (Å²) < 4.78 is 4.16. The van der Waals surface area contributed by atoms with Crippen molar-refractivity contribution < 1.29 is 0 Å². The zero-order chi connectivity index (χ0) is 5.11. The van der Waals surface area contributed by atoms with Crippen LogP contribution < -0.4 is 10.0 Å². The van der Waals surface area contributed by atoms with Crippen molar-refractivity contribution >= 4 is 11.9 Å². The minimum Gasteiger partial charge on any atom is -0.289 e. The summed E-state index contributed by atoms with van der Waals surface area (Å²) in [6.45, 7) is 2.13. The normalized spacial score (nSPS) is 31.3. The van der Waals surface area contributed by atoms with Gasteiger partial charge in [0.1, 0.15) is 0 Å². The molecule has 1 heterocycles. The molecule has 0 aliphatic carbocycles. The predicted octanol–water partition coefficient (Wildman–Crippen LogP) is 0.536. The molecule has 0 amide bonds. The molecule has 0 aromatic heterocycles. The first-order valence-corrected chi connectivity index (χ1v) is 3.43. The van der Waals surface area contributed by atoms with Crippen LogP contribution in [0.25, 0.3) is 0 Å². The third-order valence-electron chi connectivity index (χ3n) is 0.972. The van der Waals surface area contributed by atoms with Crippen LogP contribution >= 0.6 is 11.9 Å². The topological polar surface area (TPSA) is 26.1 Å². The Labute approximate surface area is 48.2 Å². The molecule has 0 bridgehead atoms. The van der Waals surface area contributed by atoms with E-state index in [0.29, 0.717) is 6.17 Å². The molecule has 1 radical (unpaired) electrons. The van der Waals surface area contributed by atoms with E-state index in [2.05, 4.69) is 17.0 Å². The standard InChI is InChI=1S/C4H9N2S/c1-2-4-5-3-7-6-4/h4-5H,2-3H2,1H3. The van der Waals surface area contributed by atoms with Gasteiger partial charge in [0.2, 0.25) is 0 Å². The summed E-state index contributed by atoms with van der Waals surface area (Å²) in [6, 6.07) is 0. The van der Waals surface area contributed by atoms with Crippen molar-refractivity contribution in [3.8, 4) is 0 Å². The fraction of sp³-hybridized carbons (Fsp3) is 1.00. The van der Waals surface area contributed by atoms with Crippen LogP contribution in [-0.4, -0.2) is 12.0 Å². The highest BCUT2D eigenvalue weighted by Gasteiger charge is 2.11. The van der Waals surface area contributed by atoms with Gasteiger partial charge in [-0.2, -0.15) is 4.72 Å². The molecule has 1 saturated heterocycles. The van der Waals surface area contributed by atoms with Crippen LogP contribution in [0.1, 0.15) is 13.3 Å². The molecule has 1 unspecified atom stereocenters. The first-order valence-electron chi connectivity index (χ1n) is 2.49. The van der Waals surface area contributed by atoms with Gasteiger partial charge in [0.15, 0.2) is 0 Å². The molecule has 1 atom stereocenters. The SMILES string of the molecule is CCC1[N]SCN1. The predicted molar refractivity (Wildman–Crippen MR) is 31.8 cm³/mol. The summed E-state index contributed by atoms with van der Waals surface area (Å²) >= 11 is 1.62. The molecular weight excluding hydrogens is 108 g/mol. The van der Waals surface area contributed by atoms with Gasteiger partial charge in [-0.05, 0) is 18.4 Å².